The van der Waals surface area contributed by atoms with E-state index >= 15 is 0 Å². The number of amides is 1. The Kier molecular flexibility index (Phi) is 5.53. The summed E-state index contributed by atoms with van der Waals surface area (Å²) in [6, 6.07) is 9.90. The molecule has 0 atom stereocenters. The van der Waals surface area contributed by atoms with Crippen molar-refractivity contribution in [1.82, 2.24) is 10.3 Å². The van der Waals surface area contributed by atoms with Crippen LogP contribution in [0.1, 0.15) is 41.4 Å². The van der Waals surface area contributed by atoms with Gasteiger partial charge in [-0.05, 0) is 49.6 Å². The van der Waals surface area contributed by atoms with Crippen LogP contribution in [0.2, 0.25) is 0 Å². The van der Waals surface area contributed by atoms with E-state index in [4.69, 9.17) is 0 Å². The number of nitrogens with one attached hydrogen (secondary N) is 2. The highest BCUT2D eigenvalue weighted by Gasteiger charge is 2.08. The van der Waals surface area contributed by atoms with E-state index in [1.54, 1.807) is 12.3 Å². The fourth-order valence-corrected chi connectivity index (χ4v) is 2.13. The predicted octanol–water partition coefficient (Wildman–Crippen LogP) is 3.97. The van der Waals surface area contributed by atoms with E-state index in [0.717, 1.165) is 29.8 Å². The highest BCUT2D eigenvalue weighted by atomic mass is 16.1. The first-order valence-electron chi connectivity index (χ1n) is 7.68. The van der Waals surface area contributed by atoms with Crippen LogP contribution in [-0.4, -0.2) is 17.4 Å². The SMILES string of the molecule is CCCCNC(=O)c1cc(Nc2cc(C)ccc2C)ccn1. The van der Waals surface area contributed by atoms with E-state index in [9.17, 15) is 4.79 Å². The first kappa shape index (κ1) is 16.0. The van der Waals surface area contributed by atoms with Crippen molar-refractivity contribution < 1.29 is 4.79 Å². The van der Waals surface area contributed by atoms with Crippen LogP contribution in [0.15, 0.2) is 36.5 Å². The summed E-state index contributed by atoms with van der Waals surface area (Å²) >= 11 is 0. The van der Waals surface area contributed by atoms with Gasteiger partial charge >= 0.3 is 0 Å². The topological polar surface area (TPSA) is 54.0 Å². The summed E-state index contributed by atoms with van der Waals surface area (Å²) < 4.78 is 0. The molecule has 2 aromatic rings. The van der Waals surface area contributed by atoms with Gasteiger partial charge in [-0.2, -0.15) is 0 Å². The van der Waals surface area contributed by atoms with Crippen LogP contribution in [0.3, 0.4) is 0 Å². The molecule has 0 bridgehead atoms. The molecule has 116 valence electrons. The Morgan fingerprint density at radius 1 is 1.18 bits per heavy atom. The van der Waals surface area contributed by atoms with Crippen molar-refractivity contribution in [3.8, 4) is 0 Å². The molecule has 0 aliphatic heterocycles. The molecule has 0 aliphatic carbocycles. The minimum atomic E-state index is -0.127. The third-order valence-corrected chi connectivity index (χ3v) is 3.48. The van der Waals surface area contributed by atoms with Crippen molar-refractivity contribution >= 4 is 17.3 Å². The van der Waals surface area contributed by atoms with E-state index in [-0.39, 0.29) is 5.91 Å². The number of carbonyl (C=O) groups is 1. The number of anilines is 2. The maximum Gasteiger partial charge on any atom is 0.269 e. The summed E-state index contributed by atoms with van der Waals surface area (Å²) in [5, 5.41) is 6.24. The number of nitrogens with zero attached hydrogens (tertiary/aromatic N) is 1. The highest BCUT2D eigenvalue weighted by Crippen LogP contribution is 2.21. The molecule has 4 nitrogen and oxygen atoms in total. The molecular weight excluding hydrogens is 274 g/mol. The lowest BCUT2D eigenvalue weighted by atomic mass is 10.1. The van der Waals surface area contributed by atoms with Gasteiger partial charge in [-0.25, -0.2) is 0 Å². The minimum absolute atomic E-state index is 0.127. The Labute approximate surface area is 132 Å². The van der Waals surface area contributed by atoms with Crippen molar-refractivity contribution in [3.63, 3.8) is 0 Å². The predicted molar refractivity (Wildman–Crippen MR) is 90.7 cm³/mol. The second kappa shape index (κ2) is 7.59. The minimum Gasteiger partial charge on any atom is -0.355 e. The smallest absolute Gasteiger partial charge is 0.269 e. The molecule has 2 N–H and O–H groups in total. The quantitative estimate of drug-likeness (QED) is 0.793. The molecule has 0 unspecified atom stereocenters. The van der Waals surface area contributed by atoms with E-state index in [2.05, 4.69) is 54.6 Å². The van der Waals surface area contributed by atoms with Gasteiger partial charge in [0.25, 0.3) is 5.91 Å². The number of benzene rings is 1. The first-order valence-corrected chi connectivity index (χ1v) is 7.68. The molecule has 0 radical (unpaired) electrons. The summed E-state index contributed by atoms with van der Waals surface area (Å²) in [6.45, 7) is 6.90. The van der Waals surface area contributed by atoms with Crippen LogP contribution in [0, 0.1) is 13.8 Å². The summed E-state index contributed by atoms with van der Waals surface area (Å²) in [7, 11) is 0. The average molecular weight is 297 g/mol. The molecule has 1 aromatic carbocycles. The molecule has 0 aliphatic rings. The second-order valence-electron chi connectivity index (χ2n) is 5.48. The summed E-state index contributed by atoms with van der Waals surface area (Å²) in [5.74, 6) is -0.127. The van der Waals surface area contributed by atoms with Gasteiger partial charge in [0.1, 0.15) is 5.69 Å². The zero-order valence-corrected chi connectivity index (χ0v) is 13.4. The first-order chi connectivity index (χ1) is 10.6. The highest BCUT2D eigenvalue weighted by molar-refractivity contribution is 5.93. The molecule has 0 saturated carbocycles. The van der Waals surface area contributed by atoms with Crippen LogP contribution in [0.25, 0.3) is 0 Å². The van der Waals surface area contributed by atoms with Crippen molar-refractivity contribution in [1.29, 1.82) is 0 Å². The Bertz CT molecular complexity index is 653. The van der Waals surface area contributed by atoms with Crippen LogP contribution >= 0.6 is 0 Å². The van der Waals surface area contributed by atoms with Crippen LogP contribution in [-0.2, 0) is 0 Å². The number of pyridine rings is 1. The fraction of sp³-hybridized carbons (Fsp3) is 0.333. The van der Waals surface area contributed by atoms with Gasteiger partial charge in [0, 0.05) is 24.1 Å². The molecule has 0 spiro atoms. The Morgan fingerprint density at radius 2 is 2.00 bits per heavy atom. The Balaban J connectivity index is 2.11. The monoisotopic (exact) mass is 297 g/mol. The van der Waals surface area contributed by atoms with Gasteiger partial charge in [-0.3, -0.25) is 9.78 Å². The zero-order valence-electron chi connectivity index (χ0n) is 13.4. The number of unbranched alkanes of at least 4 members (excludes halogenated alkanes) is 1. The van der Waals surface area contributed by atoms with Crippen molar-refractivity contribution in [3.05, 3.63) is 53.3 Å². The zero-order chi connectivity index (χ0) is 15.9. The maximum absolute atomic E-state index is 12.0. The Morgan fingerprint density at radius 3 is 2.77 bits per heavy atom. The van der Waals surface area contributed by atoms with Crippen molar-refractivity contribution in [2.75, 3.05) is 11.9 Å². The van der Waals surface area contributed by atoms with E-state index in [1.807, 2.05) is 6.07 Å². The number of aromatic nitrogens is 1. The molecule has 22 heavy (non-hydrogen) atoms. The molecule has 2 rings (SSSR count). The molecule has 0 saturated heterocycles. The molecular formula is C18H23N3O. The third-order valence-electron chi connectivity index (χ3n) is 3.48. The summed E-state index contributed by atoms with van der Waals surface area (Å²) in [6.07, 6.45) is 3.69. The summed E-state index contributed by atoms with van der Waals surface area (Å²) in [4.78, 5) is 16.2. The fourth-order valence-electron chi connectivity index (χ4n) is 2.13. The number of carbonyl (C=O) groups excluding carboxylic acids is 1. The number of rotatable bonds is 6. The maximum atomic E-state index is 12.0. The molecule has 4 heteroatoms. The molecule has 1 aromatic heterocycles. The molecule has 1 amide bonds. The van der Waals surface area contributed by atoms with E-state index < -0.39 is 0 Å². The summed E-state index contributed by atoms with van der Waals surface area (Å²) in [5.41, 5.74) is 4.70. The van der Waals surface area contributed by atoms with Gasteiger partial charge in [0.15, 0.2) is 0 Å². The van der Waals surface area contributed by atoms with Gasteiger partial charge in [-0.1, -0.05) is 25.5 Å². The second-order valence-corrected chi connectivity index (χ2v) is 5.48. The van der Waals surface area contributed by atoms with Crippen LogP contribution in [0.5, 0.6) is 0 Å². The van der Waals surface area contributed by atoms with Gasteiger partial charge in [0.05, 0.1) is 0 Å². The largest absolute Gasteiger partial charge is 0.355 e. The van der Waals surface area contributed by atoms with Crippen LogP contribution < -0.4 is 10.6 Å². The average Bonchev–Trinajstić information content (AvgIpc) is 2.51. The van der Waals surface area contributed by atoms with Gasteiger partial charge in [-0.15, -0.1) is 0 Å². The third kappa shape index (κ3) is 4.32. The normalized spacial score (nSPS) is 10.3. The van der Waals surface area contributed by atoms with Crippen molar-refractivity contribution in [2.24, 2.45) is 0 Å². The standard InChI is InChI=1S/C18H23N3O/c1-4-5-9-20-18(22)17-12-15(8-10-19-17)21-16-11-13(2)6-7-14(16)3/h6-8,10-12H,4-5,9H2,1-3H3,(H,19,21)(H,20,22). The number of hydrogen-bond acceptors (Lipinski definition) is 3. The van der Waals surface area contributed by atoms with Gasteiger partial charge in [0.2, 0.25) is 0 Å². The van der Waals surface area contributed by atoms with E-state index in [0.29, 0.717) is 12.2 Å². The lowest BCUT2D eigenvalue weighted by Gasteiger charge is -2.11. The van der Waals surface area contributed by atoms with E-state index in [1.165, 1.54) is 5.56 Å². The Hall–Kier alpha value is -2.36. The lowest BCUT2D eigenvalue weighted by Crippen LogP contribution is -2.25. The number of aryl methyl sites for hydroxylation is 2. The molecule has 0 fully saturated rings. The molecule has 1 heterocycles. The van der Waals surface area contributed by atoms with Gasteiger partial charge < -0.3 is 10.6 Å². The lowest BCUT2D eigenvalue weighted by molar-refractivity contribution is 0.0948. The van der Waals surface area contributed by atoms with Crippen LogP contribution in [0.4, 0.5) is 11.4 Å². The number of hydrogen-bond donors (Lipinski definition) is 2. The van der Waals surface area contributed by atoms with Crippen molar-refractivity contribution in [2.45, 2.75) is 33.6 Å².